The van der Waals surface area contributed by atoms with Crippen molar-refractivity contribution >= 4 is 5.91 Å². The molecule has 5 heteroatoms. The summed E-state index contributed by atoms with van der Waals surface area (Å²) < 4.78 is 5.38. The second kappa shape index (κ2) is 7.43. The number of nitrogens with one attached hydrogen (secondary N) is 1. The summed E-state index contributed by atoms with van der Waals surface area (Å²) in [6.45, 7) is 5.00. The van der Waals surface area contributed by atoms with Gasteiger partial charge in [-0.25, -0.2) is 0 Å². The van der Waals surface area contributed by atoms with Crippen LogP contribution in [0.25, 0.3) is 0 Å². The Bertz CT molecular complexity index is 482. The van der Waals surface area contributed by atoms with Crippen LogP contribution in [0.4, 0.5) is 0 Å². The van der Waals surface area contributed by atoms with Crippen molar-refractivity contribution < 1.29 is 9.53 Å². The van der Waals surface area contributed by atoms with Gasteiger partial charge in [-0.15, -0.1) is 0 Å². The number of nitrogens with zero attached hydrogens (tertiary/aromatic N) is 1. The van der Waals surface area contributed by atoms with Gasteiger partial charge in [0.25, 0.3) is 0 Å². The van der Waals surface area contributed by atoms with E-state index in [1.807, 2.05) is 6.07 Å². The molecule has 0 spiro atoms. The molecule has 0 unspecified atom stereocenters. The molecule has 5 nitrogen and oxygen atoms in total. The molecule has 0 bridgehead atoms. The fourth-order valence-electron chi connectivity index (χ4n) is 2.84. The van der Waals surface area contributed by atoms with Crippen molar-refractivity contribution in [2.75, 3.05) is 20.2 Å². The van der Waals surface area contributed by atoms with Gasteiger partial charge in [0.15, 0.2) is 0 Å². The highest BCUT2D eigenvalue weighted by atomic mass is 16.5. The number of benzene rings is 1. The molecule has 0 aliphatic carbocycles. The van der Waals surface area contributed by atoms with Gasteiger partial charge < -0.3 is 15.8 Å². The number of hydrogen-bond acceptors (Lipinski definition) is 4. The van der Waals surface area contributed by atoms with Crippen LogP contribution in [0.3, 0.4) is 0 Å². The second-order valence-electron chi connectivity index (χ2n) is 5.60. The van der Waals surface area contributed by atoms with Crippen LogP contribution < -0.4 is 15.8 Å². The van der Waals surface area contributed by atoms with Crippen LogP contribution in [0.5, 0.6) is 5.75 Å². The van der Waals surface area contributed by atoms with Crippen LogP contribution >= 0.6 is 0 Å². The van der Waals surface area contributed by atoms with Crippen LogP contribution in [0, 0.1) is 0 Å². The Morgan fingerprint density at radius 3 is 2.71 bits per heavy atom. The molecule has 1 heterocycles. The minimum absolute atomic E-state index is 0.0653. The monoisotopic (exact) mass is 291 g/mol. The Morgan fingerprint density at radius 1 is 1.43 bits per heavy atom. The smallest absolute Gasteiger partial charge is 0.217 e. The number of rotatable bonds is 5. The number of amides is 1. The molecule has 0 radical (unpaired) electrons. The zero-order chi connectivity index (χ0) is 15.2. The maximum Gasteiger partial charge on any atom is 0.217 e. The Labute approximate surface area is 126 Å². The summed E-state index contributed by atoms with van der Waals surface area (Å²) in [7, 11) is 1.68. The number of likely N-dealkylation sites (tertiary alicyclic amines) is 1. The molecular weight excluding hydrogens is 266 g/mol. The van der Waals surface area contributed by atoms with Crippen LogP contribution in [-0.2, 0) is 17.9 Å². The molecular formula is C16H25N3O2. The normalized spacial score (nSPS) is 16.7. The summed E-state index contributed by atoms with van der Waals surface area (Å²) in [4.78, 5) is 13.5. The molecule has 2 rings (SSSR count). The minimum Gasteiger partial charge on any atom is -0.496 e. The SMILES string of the molecule is COc1cc(CN2CCC(NC(C)=O)CC2)ccc1CN. The lowest BCUT2D eigenvalue weighted by molar-refractivity contribution is -0.119. The van der Waals surface area contributed by atoms with Crippen molar-refractivity contribution in [3.8, 4) is 5.75 Å². The molecule has 0 aromatic heterocycles. The number of methoxy groups -OCH3 is 1. The largest absolute Gasteiger partial charge is 0.496 e. The summed E-state index contributed by atoms with van der Waals surface area (Å²) in [6, 6.07) is 6.55. The van der Waals surface area contributed by atoms with E-state index < -0.39 is 0 Å². The van der Waals surface area contributed by atoms with Gasteiger partial charge in [-0.05, 0) is 24.5 Å². The van der Waals surface area contributed by atoms with Crippen molar-refractivity contribution in [2.45, 2.75) is 38.9 Å². The first-order valence-corrected chi connectivity index (χ1v) is 7.47. The number of ether oxygens (including phenoxy) is 1. The van der Waals surface area contributed by atoms with Gasteiger partial charge in [-0.1, -0.05) is 12.1 Å². The maximum atomic E-state index is 11.1. The van der Waals surface area contributed by atoms with Crippen molar-refractivity contribution in [3.63, 3.8) is 0 Å². The molecule has 0 saturated carbocycles. The summed E-state index contributed by atoms with van der Waals surface area (Å²) in [5.74, 6) is 0.929. The van der Waals surface area contributed by atoms with Gasteiger partial charge >= 0.3 is 0 Å². The molecule has 21 heavy (non-hydrogen) atoms. The highest BCUT2D eigenvalue weighted by molar-refractivity contribution is 5.73. The third kappa shape index (κ3) is 4.44. The first kappa shape index (κ1) is 15.8. The lowest BCUT2D eigenvalue weighted by Gasteiger charge is -2.32. The Morgan fingerprint density at radius 2 is 2.14 bits per heavy atom. The van der Waals surface area contributed by atoms with E-state index in [1.54, 1.807) is 14.0 Å². The molecule has 1 aliphatic rings. The topological polar surface area (TPSA) is 67.6 Å². The minimum atomic E-state index is 0.0653. The summed E-state index contributed by atoms with van der Waals surface area (Å²) in [5.41, 5.74) is 7.96. The average molecular weight is 291 g/mol. The Balaban J connectivity index is 1.90. The van der Waals surface area contributed by atoms with Gasteiger partial charge in [-0.3, -0.25) is 9.69 Å². The van der Waals surface area contributed by atoms with Crippen LogP contribution in [0.2, 0.25) is 0 Å². The standard InChI is InChI=1S/C16H25N3O2/c1-12(20)18-15-5-7-19(8-6-15)11-13-3-4-14(10-17)16(9-13)21-2/h3-4,9,15H,5-8,10-11,17H2,1-2H3,(H,18,20). The van der Waals surface area contributed by atoms with Crippen molar-refractivity contribution in [3.05, 3.63) is 29.3 Å². The van der Waals surface area contributed by atoms with E-state index >= 15 is 0 Å². The predicted molar refractivity (Wildman–Crippen MR) is 83.0 cm³/mol. The van der Waals surface area contributed by atoms with Gasteiger partial charge in [0, 0.05) is 44.7 Å². The highest BCUT2D eigenvalue weighted by Gasteiger charge is 2.19. The van der Waals surface area contributed by atoms with Gasteiger partial charge in [0.05, 0.1) is 7.11 Å². The molecule has 1 fully saturated rings. The molecule has 3 N–H and O–H groups in total. The first-order chi connectivity index (χ1) is 10.1. The van der Waals surface area contributed by atoms with E-state index in [-0.39, 0.29) is 5.91 Å². The highest BCUT2D eigenvalue weighted by Crippen LogP contribution is 2.22. The van der Waals surface area contributed by atoms with Crippen molar-refractivity contribution in [1.82, 2.24) is 10.2 Å². The second-order valence-corrected chi connectivity index (χ2v) is 5.60. The Hall–Kier alpha value is -1.59. The molecule has 1 aliphatic heterocycles. The Kier molecular flexibility index (Phi) is 5.59. The lowest BCUT2D eigenvalue weighted by atomic mass is 10.0. The first-order valence-electron chi connectivity index (χ1n) is 7.47. The predicted octanol–water partition coefficient (Wildman–Crippen LogP) is 1.25. The molecule has 0 atom stereocenters. The van der Waals surface area contributed by atoms with E-state index in [0.29, 0.717) is 12.6 Å². The number of carbonyl (C=O) groups excluding carboxylic acids is 1. The van der Waals surface area contributed by atoms with Crippen LogP contribution in [0.15, 0.2) is 18.2 Å². The van der Waals surface area contributed by atoms with Crippen LogP contribution in [-0.4, -0.2) is 37.0 Å². The summed E-state index contributed by atoms with van der Waals surface area (Å²) >= 11 is 0. The van der Waals surface area contributed by atoms with E-state index in [9.17, 15) is 4.79 Å². The zero-order valence-electron chi connectivity index (χ0n) is 12.9. The summed E-state index contributed by atoms with van der Waals surface area (Å²) in [6.07, 6.45) is 2.02. The number of hydrogen-bond donors (Lipinski definition) is 2. The van der Waals surface area contributed by atoms with Crippen molar-refractivity contribution in [2.24, 2.45) is 5.73 Å². The fourth-order valence-corrected chi connectivity index (χ4v) is 2.84. The molecule has 116 valence electrons. The third-order valence-electron chi connectivity index (χ3n) is 3.97. The number of nitrogens with two attached hydrogens (primary N) is 1. The molecule has 1 amide bonds. The van der Waals surface area contributed by atoms with Gasteiger partial charge in [-0.2, -0.15) is 0 Å². The molecule has 1 aromatic rings. The fraction of sp³-hybridized carbons (Fsp3) is 0.562. The summed E-state index contributed by atoms with van der Waals surface area (Å²) in [5, 5.41) is 3.00. The molecule has 1 aromatic carbocycles. The van der Waals surface area contributed by atoms with E-state index in [4.69, 9.17) is 10.5 Å². The number of piperidine rings is 1. The molecule has 1 saturated heterocycles. The third-order valence-corrected chi connectivity index (χ3v) is 3.97. The maximum absolute atomic E-state index is 11.1. The van der Waals surface area contributed by atoms with Crippen LogP contribution in [0.1, 0.15) is 30.9 Å². The van der Waals surface area contributed by atoms with E-state index in [1.165, 1.54) is 5.56 Å². The van der Waals surface area contributed by atoms with Crippen molar-refractivity contribution in [1.29, 1.82) is 0 Å². The quantitative estimate of drug-likeness (QED) is 0.857. The van der Waals surface area contributed by atoms with E-state index in [0.717, 1.165) is 43.8 Å². The average Bonchev–Trinajstić information content (AvgIpc) is 2.48. The van der Waals surface area contributed by atoms with E-state index in [2.05, 4.69) is 22.3 Å². The lowest BCUT2D eigenvalue weighted by Crippen LogP contribution is -2.43. The zero-order valence-corrected chi connectivity index (χ0v) is 12.9. The van der Waals surface area contributed by atoms with Gasteiger partial charge in [0.1, 0.15) is 5.75 Å². The van der Waals surface area contributed by atoms with Gasteiger partial charge in [0.2, 0.25) is 5.91 Å². The number of carbonyl (C=O) groups is 1.